The number of piperidine rings is 2. The first-order chi connectivity index (χ1) is 14.7. The van der Waals surface area contributed by atoms with Crippen LogP contribution in [0.1, 0.15) is 64.2 Å². The number of rotatable bonds is 6. The predicted octanol–water partition coefficient (Wildman–Crippen LogP) is 4.08. The van der Waals surface area contributed by atoms with Crippen molar-refractivity contribution < 1.29 is 14.3 Å². The third-order valence-electron chi connectivity index (χ3n) is 7.63. The zero-order valence-electron chi connectivity index (χ0n) is 18.5. The van der Waals surface area contributed by atoms with Crippen molar-refractivity contribution in [2.24, 2.45) is 17.8 Å². The molecule has 168 valence electrons. The summed E-state index contributed by atoms with van der Waals surface area (Å²) in [6.45, 7) is 3.32. The van der Waals surface area contributed by atoms with Gasteiger partial charge < -0.3 is 14.5 Å². The molecule has 6 heteroatoms. The summed E-state index contributed by atoms with van der Waals surface area (Å²) in [6, 6.07) is 0.509. The number of fused-ring (bicyclic) bond motifs is 1. The molecule has 0 aromatic rings. The summed E-state index contributed by atoms with van der Waals surface area (Å²) in [5.74, 6) is 2.91. The van der Waals surface area contributed by atoms with Crippen molar-refractivity contribution in [3.8, 4) is 0 Å². The Labute approximate surface area is 185 Å². The van der Waals surface area contributed by atoms with Gasteiger partial charge in [-0.2, -0.15) is 0 Å². The Kier molecular flexibility index (Phi) is 7.79. The van der Waals surface area contributed by atoms with Crippen LogP contribution >= 0.6 is 11.8 Å². The number of hydrogen-bond donors (Lipinski definition) is 0. The highest BCUT2D eigenvalue weighted by Gasteiger charge is 2.39. The second kappa shape index (κ2) is 10.5. The molecule has 0 radical (unpaired) electrons. The van der Waals surface area contributed by atoms with E-state index in [1.165, 1.54) is 43.4 Å². The lowest BCUT2D eigenvalue weighted by Gasteiger charge is -2.44. The lowest BCUT2D eigenvalue weighted by atomic mass is 9.78. The minimum atomic E-state index is 0.0689. The molecule has 4 aliphatic rings. The van der Waals surface area contributed by atoms with Crippen molar-refractivity contribution in [2.75, 3.05) is 39.1 Å². The van der Waals surface area contributed by atoms with Crippen molar-refractivity contribution in [1.29, 1.82) is 0 Å². The fraction of sp³-hybridized carbons (Fsp3) is 0.833. The summed E-state index contributed by atoms with van der Waals surface area (Å²) in [6.07, 6.45) is 13.4. The molecule has 3 atom stereocenters. The van der Waals surface area contributed by atoms with E-state index in [-0.39, 0.29) is 11.8 Å². The topological polar surface area (TPSA) is 49.9 Å². The Balaban J connectivity index is 1.29. The molecule has 0 bridgehead atoms. The highest BCUT2D eigenvalue weighted by molar-refractivity contribution is 8.03. The van der Waals surface area contributed by atoms with Gasteiger partial charge in [0, 0.05) is 51.6 Å². The van der Waals surface area contributed by atoms with E-state index in [0.29, 0.717) is 30.9 Å². The standard InChI is InChI=1S/C24H38N2O3S/c1-29-15-5-9-23(27)25-13-10-19(11-14-25)22-16-20(17-30-22)24(28)26-12-4-7-18-6-2-3-8-21(18)26/h16,18-21H,2-15,17H2,1H3. The lowest BCUT2D eigenvalue weighted by molar-refractivity contribution is -0.139. The Bertz CT molecular complexity index is 642. The van der Waals surface area contributed by atoms with Crippen molar-refractivity contribution in [3.05, 3.63) is 11.0 Å². The van der Waals surface area contributed by atoms with Crippen molar-refractivity contribution in [3.63, 3.8) is 0 Å². The van der Waals surface area contributed by atoms with Crippen LogP contribution in [-0.4, -0.2) is 66.8 Å². The summed E-state index contributed by atoms with van der Waals surface area (Å²) in [7, 11) is 1.68. The predicted molar refractivity (Wildman–Crippen MR) is 121 cm³/mol. The van der Waals surface area contributed by atoms with E-state index in [1.807, 2.05) is 16.7 Å². The molecule has 4 rings (SSSR count). The Morgan fingerprint density at radius 3 is 2.63 bits per heavy atom. The van der Waals surface area contributed by atoms with Crippen LogP contribution in [0.25, 0.3) is 0 Å². The normalized spacial score (nSPS) is 30.2. The van der Waals surface area contributed by atoms with Gasteiger partial charge in [0.15, 0.2) is 0 Å². The number of thioether (sulfide) groups is 1. The van der Waals surface area contributed by atoms with Gasteiger partial charge in [0.1, 0.15) is 0 Å². The Morgan fingerprint density at radius 1 is 1.07 bits per heavy atom. The molecule has 0 aromatic heterocycles. The number of allylic oxidation sites excluding steroid dienone is 1. The third kappa shape index (κ3) is 5.07. The quantitative estimate of drug-likeness (QED) is 0.591. The van der Waals surface area contributed by atoms with E-state index in [9.17, 15) is 9.59 Å². The lowest BCUT2D eigenvalue weighted by Crippen LogP contribution is -2.51. The second-order valence-corrected chi connectivity index (χ2v) is 10.6. The molecular weight excluding hydrogens is 396 g/mol. The van der Waals surface area contributed by atoms with Crippen LogP contribution in [0.2, 0.25) is 0 Å². The molecule has 0 aromatic carbocycles. The molecule has 0 N–H and O–H groups in total. The highest BCUT2D eigenvalue weighted by atomic mass is 32.2. The van der Waals surface area contributed by atoms with Crippen LogP contribution in [0.4, 0.5) is 0 Å². The molecule has 2 saturated heterocycles. The van der Waals surface area contributed by atoms with Crippen LogP contribution in [-0.2, 0) is 14.3 Å². The first-order valence-corrected chi connectivity index (χ1v) is 13.1. The number of likely N-dealkylation sites (tertiary alicyclic amines) is 2. The van der Waals surface area contributed by atoms with Crippen LogP contribution in [0.15, 0.2) is 11.0 Å². The molecule has 0 spiro atoms. The van der Waals surface area contributed by atoms with Crippen molar-refractivity contribution in [2.45, 2.75) is 70.3 Å². The third-order valence-corrected chi connectivity index (χ3v) is 8.96. The molecule has 1 aliphatic carbocycles. The zero-order valence-corrected chi connectivity index (χ0v) is 19.3. The van der Waals surface area contributed by atoms with Gasteiger partial charge >= 0.3 is 0 Å². The molecule has 2 amide bonds. The van der Waals surface area contributed by atoms with Gasteiger partial charge in [-0.1, -0.05) is 18.9 Å². The monoisotopic (exact) mass is 434 g/mol. The van der Waals surface area contributed by atoms with Crippen LogP contribution < -0.4 is 0 Å². The maximum Gasteiger partial charge on any atom is 0.230 e. The van der Waals surface area contributed by atoms with Gasteiger partial charge in [-0.15, -0.1) is 11.8 Å². The molecular formula is C24H38N2O3S. The number of methoxy groups -OCH3 is 1. The SMILES string of the molecule is COCCCC(=O)N1CCC(C2=CC(C(=O)N3CCCC4CCCCC43)CS2)CC1. The number of nitrogens with zero attached hydrogens (tertiary/aromatic N) is 2. The van der Waals surface area contributed by atoms with Gasteiger partial charge in [-0.05, 0) is 61.7 Å². The van der Waals surface area contributed by atoms with E-state index in [2.05, 4.69) is 11.0 Å². The number of hydrogen-bond acceptors (Lipinski definition) is 4. The minimum Gasteiger partial charge on any atom is -0.385 e. The first-order valence-electron chi connectivity index (χ1n) is 12.1. The van der Waals surface area contributed by atoms with E-state index in [1.54, 1.807) is 7.11 Å². The van der Waals surface area contributed by atoms with E-state index in [4.69, 9.17) is 4.74 Å². The maximum absolute atomic E-state index is 13.4. The summed E-state index contributed by atoms with van der Waals surface area (Å²) < 4.78 is 5.05. The van der Waals surface area contributed by atoms with Crippen LogP contribution in [0.3, 0.4) is 0 Å². The smallest absolute Gasteiger partial charge is 0.230 e. The molecule has 3 fully saturated rings. The van der Waals surface area contributed by atoms with E-state index >= 15 is 0 Å². The summed E-state index contributed by atoms with van der Waals surface area (Å²) in [5.41, 5.74) is 0. The first kappa shape index (κ1) is 22.2. The summed E-state index contributed by atoms with van der Waals surface area (Å²) in [4.78, 5) is 31.4. The summed E-state index contributed by atoms with van der Waals surface area (Å²) >= 11 is 1.90. The van der Waals surface area contributed by atoms with Gasteiger partial charge in [0.25, 0.3) is 0 Å². The second-order valence-electron chi connectivity index (χ2n) is 9.52. The number of ether oxygens (including phenoxy) is 1. The highest BCUT2D eigenvalue weighted by Crippen LogP contribution is 2.41. The van der Waals surface area contributed by atoms with Crippen LogP contribution in [0.5, 0.6) is 0 Å². The molecule has 3 unspecified atom stereocenters. The van der Waals surface area contributed by atoms with Gasteiger partial charge in [-0.25, -0.2) is 0 Å². The van der Waals surface area contributed by atoms with Crippen LogP contribution in [0, 0.1) is 17.8 Å². The molecule has 3 heterocycles. The van der Waals surface area contributed by atoms with Gasteiger partial charge in [-0.3, -0.25) is 9.59 Å². The van der Waals surface area contributed by atoms with Gasteiger partial charge in [0.2, 0.25) is 11.8 Å². The fourth-order valence-electron chi connectivity index (χ4n) is 5.93. The number of amides is 2. The molecule has 1 saturated carbocycles. The van der Waals surface area contributed by atoms with Crippen molar-refractivity contribution >= 4 is 23.6 Å². The Morgan fingerprint density at radius 2 is 1.83 bits per heavy atom. The Hall–Kier alpha value is -1.01. The fourth-order valence-corrected chi connectivity index (χ4v) is 7.27. The van der Waals surface area contributed by atoms with E-state index < -0.39 is 0 Å². The van der Waals surface area contributed by atoms with E-state index in [0.717, 1.165) is 50.6 Å². The summed E-state index contributed by atoms with van der Waals surface area (Å²) in [5, 5.41) is 0. The van der Waals surface area contributed by atoms with Crippen molar-refractivity contribution in [1.82, 2.24) is 9.80 Å². The maximum atomic E-state index is 13.4. The number of carbonyl (C=O) groups is 2. The molecule has 5 nitrogen and oxygen atoms in total. The average Bonchev–Trinajstić information content (AvgIpc) is 3.29. The molecule has 3 aliphatic heterocycles. The molecule has 30 heavy (non-hydrogen) atoms. The largest absolute Gasteiger partial charge is 0.385 e. The average molecular weight is 435 g/mol. The minimum absolute atomic E-state index is 0.0689. The number of carbonyl (C=O) groups excluding carboxylic acids is 2. The zero-order chi connectivity index (χ0) is 20.9. The van der Waals surface area contributed by atoms with Gasteiger partial charge in [0.05, 0.1) is 5.92 Å².